The summed E-state index contributed by atoms with van der Waals surface area (Å²) in [5, 5.41) is 15.6. The molecular weight excluding hydrogens is 469 g/mol. The van der Waals surface area contributed by atoms with Gasteiger partial charge in [-0.1, -0.05) is 23.2 Å². The maximum atomic E-state index is 13.1. The molecular formula is C22H19Cl2N5O4. The third-order valence-corrected chi connectivity index (χ3v) is 5.74. The highest BCUT2D eigenvalue weighted by Gasteiger charge is 2.22. The van der Waals surface area contributed by atoms with Crippen LogP contribution in [-0.4, -0.2) is 42.3 Å². The van der Waals surface area contributed by atoms with E-state index in [0.717, 1.165) is 0 Å². The Balaban J connectivity index is 1.73. The number of nitrogens with one attached hydrogen (secondary N) is 2. The van der Waals surface area contributed by atoms with E-state index in [2.05, 4.69) is 15.6 Å². The standard InChI is InChI=1S/C22H19Cl2N5O4/c1-26-19(30)11-33-18-6-13-4-15(27-21-16(23)5-14(7-25)20(24)28-21)2-3-17(13)29(22(18)31)8-12-9-32-10-12/h2-6,12H,8-11H2,1H3,(H,26,30)(H,27,28). The van der Waals surface area contributed by atoms with Crippen molar-refractivity contribution in [1.29, 1.82) is 5.26 Å². The zero-order chi connectivity index (χ0) is 23.5. The summed E-state index contributed by atoms with van der Waals surface area (Å²) in [5.41, 5.74) is 1.20. The fourth-order valence-corrected chi connectivity index (χ4v) is 3.74. The van der Waals surface area contributed by atoms with Gasteiger partial charge in [0.15, 0.2) is 18.2 Å². The summed E-state index contributed by atoms with van der Waals surface area (Å²) in [6, 6.07) is 10.4. The number of nitriles is 1. The van der Waals surface area contributed by atoms with Gasteiger partial charge < -0.3 is 24.7 Å². The number of hydrogen-bond donors (Lipinski definition) is 2. The summed E-state index contributed by atoms with van der Waals surface area (Å²) in [7, 11) is 1.49. The number of carbonyl (C=O) groups is 1. The minimum absolute atomic E-state index is 0.0339. The molecule has 0 spiro atoms. The van der Waals surface area contributed by atoms with Gasteiger partial charge in [-0.2, -0.15) is 5.26 Å². The largest absolute Gasteiger partial charge is 0.478 e. The SMILES string of the molecule is CNC(=O)COc1cc2cc(Nc3nc(Cl)c(C#N)cc3Cl)ccc2n(CC2COC2)c1=O. The Hall–Kier alpha value is -3.32. The van der Waals surface area contributed by atoms with Gasteiger partial charge in [0.25, 0.3) is 11.5 Å². The number of benzene rings is 1. The van der Waals surface area contributed by atoms with Crippen LogP contribution in [0.15, 0.2) is 35.1 Å². The van der Waals surface area contributed by atoms with Crippen LogP contribution in [0.25, 0.3) is 10.9 Å². The van der Waals surface area contributed by atoms with Crippen LogP contribution in [0.4, 0.5) is 11.5 Å². The Morgan fingerprint density at radius 3 is 2.79 bits per heavy atom. The average Bonchev–Trinajstić information content (AvgIpc) is 2.77. The summed E-state index contributed by atoms with van der Waals surface area (Å²) in [6.45, 7) is 1.37. The third-order valence-electron chi connectivity index (χ3n) is 5.16. The van der Waals surface area contributed by atoms with Crippen molar-refractivity contribution < 1.29 is 14.3 Å². The first-order valence-electron chi connectivity index (χ1n) is 10.0. The van der Waals surface area contributed by atoms with Crippen molar-refractivity contribution in [2.24, 2.45) is 5.92 Å². The van der Waals surface area contributed by atoms with Crippen molar-refractivity contribution in [1.82, 2.24) is 14.9 Å². The number of anilines is 2. The molecule has 3 aromatic rings. The monoisotopic (exact) mass is 487 g/mol. The molecule has 4 rings (SSSR count). The molecule has 2 N–H and O–H groups in total. The van der Waals surface area contributed by atoms with Crippen LogP contribution < -0.4 is 20.9 Å². The highest BCUT2D eigenvalue weighted by Crippen LogP contribution is 2.30. The number of carbonyl (C=O) groups excluding carboxylic acids is 1. The molecule has 1 fully saturated rings. The Kier molecular flexibility index (Phi) is 6.70. The van der Waals surface area contributed by atoms with E-state index in [0.29, 0.717) is 36.3 Å². The van der Waals surface area contributed by atoms with Crippen molar-refractivity contribution in [2.75, 3.05) is 32.2 Å². The molecule has 0 bridgehead atoms. The van der Waals surface area contributed by atoms with E-state index in [4.69, 9.17) is 37.9 Å². The van der Waals surface area contributed by atoms with Crippen molar-refractivity contribution in [3.63, 3.8) is 0 Å². The molecule has 1 aliphatic rings. The van der Waals surface area contributed by atoms with Gasteiger partial charge in [0.1, 0.15) is 11.2 Å². The molecule has 2 aromatic heterocycles. The summed E-state index contributed by atoms with van der Waals surface area (Å²) in [4.78, 5) is 28.8. The smallest absolute Gasteiger partial charge is 0.293 e. The zero-order valence-corrected chi connectivity index (χ0v) is 19.0. The first kappa shape index (κ1) is 22.9. The van der Waals surface area contributed by atoms with Crippen LogP contribution in [0.5, 0.6) is 5.75 Å². The van der Waals surface area contributed by atoms with Crippen LogP contribution in [0.3, 0.4) is 0 Å². The number of halogens is 2. The van der Waals surface area contributed by atoms with Crippen LogP contribution >= 0.6 is 23.2 Å². The maximum Gasteiger partial charge on any atom is 0.293 e. The molecule has 1 aliphatic heterocycles. The summed E-state index contributed by atoms with van der Waals surface area (Å²) < 4.78 is 12.4. The average molecular weight is 488 g/mol. The lowest BCUT2D eigenvalue weighted by Gasteiger charge is -2.27. The van der Waals surface area contributed by atoms with Gasteiger partial charge in [0, 0.05) is 30.6 Å². The number of ether oxygens (including phenoxy) is 2. The van der Waals surface area contributed by atoms with E-state index < -0.39 is 0 Å². The highest BCUT2D eigenvalue weighted by molar-refractivity contribution is 6.35. The number of likely N-dealkylation sites (N-methyl/N-ethyl adjacent to an activating group) is 1. The van der Waals surface area contributed by atoms with Crippen LogP contribution in [0.1, 0.15) is 5.56 Å². The molecule has 0 saturated carbocycles. The molecule has 0 atom stereocenters. The van der Waals surface area contributed by atoms with E-state index in [1.807, 2.05) is 6.07 Å². The second-order valence-electron chi connectivity index (χ2n) is 7.46. The Morgan fingerprint density at radius 2 is 2.12 bits per heavy atom. The number of pyridine rings is 2. The fourth-order valence-electron chi connectivity index (χ4n) is 3.36. The molecule has 1 aromatic carbocycles. The minimum Gasteiger partial charge on any atom is -0.478 e. The second kappa shape index (κ2) is 9.67. The zero-order valence-electron chi connectivity index (χ0n) is 17.5. The molecule has 11 heteroatoms. The van der Waals surface area contributed by atoms with E-state index >= 15 is 0 Å². The summed E-state index contributed by atoms with van der Waals surface area (Å²) >= 11 is 12.3. The van der Waals surface area contributed by atoms with Crippen molar-refractivity contribution in [2.45, 2.75) is 6.54 Å². The van der Waals surface area contributed by atoms with E-state index in [9.17, 15) is 9.59 Å². The number of amides is 1. The van der Waals surface area contributed by atoms with Crippen molar-refractivity contribution in [3.05, 3.63) is 56.4 Å². The van der Waals surface area contributed by atoms with E-state index in [1.54, 1.807) is 28.8 Å². The van der Waals surface area contributed by atoms with Crippen molar-refractivity contribution >= 4 is 51.5 Å². The van der Waals surface area contributed by atoms with Gasteiger partial charge in [-0.25, -0.2) is 4.98 Å². The first-order valence-corrected chi connectivity index (χ1v) is 10.8. The molecule has 0 radical (unpaired) electrons. The molecule has 3 heterocycles. The predicted octanol–water partition coefficient (Wildman–Crippen LogP) is 3.09. The predicted molar refractivity (Wildman–Crippen MR) is 124 cm³/mol. The van der Waals surface area contributed by atoms with Gasteiger partial charge in [0.2, 0.25) is 0 Å². The molecule has 9 nitrogen and oxygen atoms in total. The molecule has 0 unspecified atom stereocenters. The van der Waals surface area contributed by atoms with Crippen LogP contribution in [-0.2, 0) is 16.1 Å². The van der Waals surface area contributed by atoms with Crippen molar-refractivity contribution in [3.8, 4) is 11.8 Å². The van der Waals surface area contributed by atoms with Crippen LogP contribution in [0, 0.1) is 17.2 Å². The third kappa shape index (κ3) is 4.88. The topological polar surface area (TPSA) is 118 Å². The normalized spacial score (nSPS) is 13.3. The summed E-state index contributed by atoms with van der Waals surface area (Å²) in [5.74, 6) is 0.237. The Labute approximate surface area is 198 Å². The van der Waals surface area contributed by atoms with E-state index in [-0.39, 0.29) is 51.3 Å². The lowest BCUT2D eigenvalue weighted by Crippen LogP contribution is -2.36. The number of nitrogens with zero attached hydrogens (tertiary/aromatic N) is 3. The van der Waals surface area contributed by atoms with Gasteiger partial charge in [-0.05, 0) is 30.3 Å². The quantitative estimate of drug-likeness (QED) is 0.491. The second-order valence-corrected chi connectivity index (χ2v) is 8.22. The lowest BCUT2D eigenvalue weighted by atomic mass is 10.1. The van der Waals surface area contributed by atoms with Gasteiger partial charge in [-0.3, -0.25) is 9.59 Å². The molecule has 33 heavy (non-hydrogen) atoms. The minimum atomic E-state index is -0.345. The van der Waals surface area contributed by atoms with Gasteiger partial charge in [0.05, 0.1) is 29.3 Å². The Bertz CT molecular complexity index is 1330. The fraction of sp³-hybridized carbons (Fsp3) is 0.273. The van der Waals surface area contributed by atoms with Crippen LogP contribution in [0.2, 0.25) is 10.2 Å². The Morgan fingerprint density at radius 1 is 1.33 bits per heavy atom. The first-order chi connectivity index (χ1) is 15.9. The van der Waals surface area contributed by atoms with Gasteiger partial charge in [-0.15, -0.1) is 0 Å². The highest BCUT2D eigenvalue weighted by atomic mass is 35.5. The maximum absolute atomic E-state index is 13.1. The van der Waals surface area contributed by atoms with E-state index in [1.165, 1.54) is 13.1 Å². The number of hydrogen-bond acceptors (Lipinski definition) is 7. The number of fused-ring (bicyclic) bond motifs is 1. The molecule has 0 aliphatic carbocycles. The number of rotatable bonds is 7. The molecule has 1 saturated heterocycles. The van der Waals surface area contributed by atoms with Gasteiger partial charge >= 0.3 is 0 Å². The molecule has 170 valence electrons. The number of aromatic nitrogens is 2. The molecule has 1 amide bonds. The lowest BCUT2D eigenvalue weighted by molar-refractivity contribution is -0.122. The summed E-state index contributed by atoms with van der Waals surface area (Å²) in [6.07, 6.45) is 0.